The molecule has 0 saturated heterocycles. The SMILES string of the molecule is CCCc1ccc(OCC(=O)N/N=C/c2cc(Br)c(O)c(OC)c2)c(Br)c1. The van der Waals surface area contributed by atoms with Gasteiger partial charge in [-0.25, -0.2) is 5.43 Å². The maximum atomic E-state index is 11.9. The molecule has 0 atom stereocenters. The highest BCUT2D eigenvalue weighted by atomic mass is 79.9. The van der Waals surface area contributed by atoms with Crippen LogP contribution >= 0.6 is 31.9 Å². The quantitative estimate of drug-likeness (QED) is 0.416. The smallest absolute Gasteiger partial charge is 0.277 e. The number of halogens is 2. The van der Waals surface area contributed by atoms with Gasteiger partial charge >= 0.3 is 0 Å². The van der Waals surface area contributed by atoms with Gasteiger partial charge in [-0.15, -0.1) is 0 Å². The van der Waals surface area contributed by atoms with Crippen LogP contribution in [0.25, 0.3) is 0 Å². The Kier molecular flexibility index (Phi) is 8.12. The number of phenolic OH excluding ortho intramolecular Hbond substituents is 1. The maximum Gasteiger partial charge on any atom is 0.277 e. The maximum absolute atomic E-state index is 11.9. The Morgan fingerprint density at radius 2 is 2.00 bits per heavy atom. The second-order valence-electron chi connectivity index (χ2n) is 5.65. The van der Waals surface area contributed by atoms with Crippen LogP contribution in [0, 0.1) is 0 Å². The number of methoxy groups -OCH3 is 1. The summed E-state index contributed by atoms with van der Waals surface area (Å²) in [6.45, 7) is 1.96. The molecule has 0 bridgehead atoms. The van der Waals surface area contributed by atoms with Gasteiger partial charge in [0, 0.05) is 0 Å². The molecule has 0 saturated carbocycles. The molecular weight excluding hydrogens is 480 g/mol. The van der Waals surface area contributed by atoms with E-state index in [1.165, 1.54) is 18.9 Å². The minimum atomic E-state index is -0.388. The van der Waals surface area contributed by atoms with Gasteiger partial charge in [-0.3, -0.25) is 4.79 Å². The van der Waals surface area contributed by atoms with Gasteiger partial charge in [0.1, 0.15) is 5.75 Å². The third kappa shape index (κ3) is 6.25. The lowest BCUT2D eigenvalue weighted by atomic mass is 10.1. The summed E-state index contributed by atoms with van der Waals surface area (Å²) in [7, 11) is 1.45. The summed E-state index contributed by atoms with van der Waals surface area (Å²) in [6.07, 6.45) is 3.50. The van der Waals surface area contributed by atoms with Crippen molar-refractivity contribution < 1.29 is 19.4 Å². The van der Waals surface area contributed by atoms with Gasteiger partial charge in [-0.1, -0.05) is 19.4 Å². The molecule has 0 aliphatic carbocycles. The van der Waals surface area contributed by atoms with E-state index in [1.807, 2.05) is 18.2 Å². The molecule has 0 aliphatic rings. The average Bonchev–Trinajstić information content (AvgIpc) is 2.64. The molecule has 0 radical (unpaired) electrons. The van der Waals surface area contributed by atoms with Gasteiger partial charge in [0.15, 0.2) is 18.1 Å². The fourth-order valence-electron chi connectivity index (χ4n) is 2.28. The van der Waals surface area contributed by atoms with Crippen molar-refractivity contribution in [2.45, 2.75) is 19.8 Å². The predicted octanol–water partition coefficient (Wildman–Crippen LogP) is 4.41. The van der Waals surface area contributed by atoms with Crippen molar-refractivity contribution in [2.75, 3.05) is 13.7 Å². The number of nitrogens with one attached hydrogen (secondary N) is 1. The zero-order valence-corrected chi connectivity index (χ0v) is 18.1. The molecular formula is C19H20Br2N2O4. The number of aryl methyl sites for hydroxylation is 1. The molecule has 0 fully saturated rings. The zero-order valence-electron chi connectivity index (χ0n) is 15.0. The van der Waals surface area contributed by atoms with Crippen LogP contribution in [0.4, 0.5) is 0 Å². The zero-order chi connectivity index (χ0) is 19.8. The molecule has 8 heteroatoms. The number of aromatic hydroxyl groups is 1. The van der Waals surface area contributed by atoms with Crippen molar-refractivity contribution in [3.63, 3.8) is 0 Å². The van der Waals surface area contributed by atoms with Gasteiger partial charge < -0.3 is 14.6 Å². The first-order valence-electron chi connectivity index (χ1n) is 8.24. The van der Waals surface area contributed by atoms with Crippen LogP contribution in [0.1, 0.15) is 24.5 Å². The first-order chi connectivity index (χ1) is 12.9. The molecule has 2 rings (SSSR count). The minimum absolute atomic E-state index is 0.00242. The van der Waals surface area contributed by atoms with Crippen molar-refractivity contribution in [1.29, 1.82) is 0 Å². The molecule has 0 aromatic heterocycles. The highest BCUT2D eigenvalue weighted by Gasteiger charge is 2.08. The van der Waals surface area contributed by atoms with Crippen LogP contribution in [0.3, 0.4) is 0 Å². The highest BCUT2D eigenvalue weighted by Crippen LogP contribution is 2.34. The number of carbonyl (C=O) groups excluding carboxylic acids is 1. The van der Waals surface area contributed by atoms with Gasteiger partial charge in [0.05, 0.1) is 22.3 Å². The number of rotatable bonds is 8. The summed E-state index contributed by atoms with van der Waals surface area (Å²) in [5.41, 5.74) is 4.25. The van der Waals surface area contributed by atoms with E-state index in [2.05, 4.69) is 49.3 Å². The first kappa shape index (κ1) is 21.2. The molecule has 0 aliphatic heterocycles. The van der Waals surface area contributed by atoms with Gasteiger partial charge in [0.25, 0.3) is 5.91 Å². The lowest BCUT2D eigenvalue weighted by molar-refractivity contribution is -0.123. The van der Waals surface area contributed by atoms with Crippen LogP contribution in [0.2, 0.25) is 0 Å². The Morgan fingerprint density at radius 1 is 1.22 bits per heavy atom. The van der Waals surface area contributed by atoms with Gasteiger partial charge in [0.2, 0.25) is 0 Å². The van der Waals surface area contributed by atoms with Crippen molar-refractivity contribution in [3.05, 3.63) is 50.4 Å². The van der Waals surface area contributed by atoms with E-state index in [1.54, 1.807) is 12.1 Å². The van der Waals surface area contributed by atoms with E-state index in [0.29, 0.717) is 21.5 Å². The van der Waals surface area contributed by atoms with Crippen LogP contribution in [-0.2, 0) is 11.2 Å². The van der Waals surface area contributed by atoms with E-state index in [4.69, 9.17) is 9.47 Å². The summed E-state index contributed by atoms with van der Waals surface area (Å²) >= 11 is 6.68. The van der Waals surface area contributed by atoms with Crippen molar-refractivity contribution in [2.24, 2.45) is 5.10 Å². The lowest BCUT2D eigenvalue weighted by Crippen LogP contribution is -2.24. The summed E-state index contributed by atoms with van der Waals surface area (Å²) in [6, 6.07) is 9.06. The lowest BCUT2D eigenvalue weighted by Gasteiger charge is -2.09. The normalized spacial score (nSPS) is 10.8. The summed E-state index contributed by atoms with van der Waals surface area (Å²) in [5, 5.41) is 13.7. The van der Waals surface area contributed by atoms with Gasteiger partial charge in [-0.05, 0) is 73.7 Å². The number of benzene rings is 2. The molecule has 2 N–H and O–H groups in total. The Morgan fingerprint density at radius 3 is 2.67 bits per heavy atom. The number of amides is 1. The van der Waals surface area contributed by atoms with E-state index >= 15 is 0 Å². The van der Waals surface area contributed by atoms with Crippen LogP contribution < -0.4 is 14.9 Å². The Balaban J connectivity index is 1.89. The largest absolute Gasteiger partial charge is 0.503 e. The third-order valence-corrected chi connectivity index (χ3v) is 4.79. The van der Waals surface area contributed by atoms with Crippen molar-refractivity contribution >= 4 is 44.0 Å². The minimum Gasteiger partial charge on any atom is -0.503 e. The van der Waals surface area contributed by atoms with E-state index in [-0.39, 0.29) is 18.3 Å². The Bertz CT molecular complexity index is 841. The molecule has 2 aromatic rings. The van der Waals surface area contributed by atoms with Crippen LogP contribution in [-0.4, -0.2) is 30.9 Å². The molecule has 1 amide bonds. The summed E-state index contributed by atoms with van der Waals surface area (Å²) < 4.78 is 11.9. The molecule has 0 spiro atoms. The second kappa shape index (κ2) is 10.3. The number of hydrogen-bond donors (Lipinski definition) is 2. The number of hydrogen-bond acceptors (Lipinski definition) is 5. The molecule has 0 heterocycles. The Labute approximate surface area is 174 Å². The first-order valence-corrected chi connectivity index (χ1v) is 9.82. The van der Waals surface area contributed by atoms with E-state index in [0.717, 1.165) is 17.3 Å². The van der Waals surface area contributed by atoms with Crippen LogP contribution in [0.15, 0.2) is 44.4 Å². The van der Waals surface area contributed by atoms with Gasteiger partial charge in [-0.2, -0.15) is 5.10 Å². The number of carbonyl (C=O) groups is 1. The highest BCUT2D eigenvalue weighted by molar-refractivity contribution is 9.10. The molecule has 6 nitrogen and oxygen atoms in total. The molecule has 144 valence electrons. The monoisotopic (exact) mass is 498 g/mol. The van der Waals surface area contributed by atoms with E-state index in [9.17, 15) is 9.90 Å². The molecule has 2 aromatic carbocycles. The fourth-order valence-corrected chi connectivity index (χ4v) is 3.28. The van der Waals surface area contributed by atoms with Crippen LogP contribution in [0.5, 0.6) is 17.2 Å². The molecule has 0 unspecified atom stereocenters. The topological polar surface area (TPSA) is 80.2 Å². The van der Waals surface area contributed by atoms with E-state index < -0.39 is 0 Å². The fraction of sp³-hybridized carbons (Fsp3) is 0.263. The number of phenols is 1. The van der Waals surface area contributed by atoms with Crippen molar-refractivity contribution in [3.8, 4) is 17.2 Å². The predicted molar refractivity (Wildman–Crippen MR) is 112 cm³/mol. The molecule has 27 heavy (non-hydrogen) atoms. The summed E-state index contributed by atoms with van der Waals surface area (Å²) in [4.78, 5) is 11.9. The Hall–Kier alpha value is -2.06. The number of nitrogens with zero attached hydrogens (tertiary/aromatic N) is 1. The second-order valence-corrected chi connectivity index (χ2v) is 7.36. The standard InChI is InChI=1S/C19H20Br2N2O4/c1-3-4-12-5-6-16(14(20)7-12)27-11-18(24)23-22-10-13-8-15(21)19(25)17(9-13)26-2/h5-10,25H,3-4,11H2,1-2H3,(H,23,24)/b22-10+. The van der Waals surface area contributed by atoms with Crippen molar-refractivity contribution in [1.82, 2.24) is 5.43 Å². The number of ether oxygens (including phenoxy) is 2. The average molecular weight is 500 g/mol. The number of hydrazone groups is 1. The third-order valence-electron chi connectivity index (χ3n) is 3.57. The summed E-state index contributed by atoms with van der Waals surface area (Å²) in [5.74, 6) is 0.515.